The van der Waals surface area contributed by atoms with Crippen molar-refractivity contribution in [1.29, 1.82) is 0 Å². The first-order valence-electron chi connectivity index (χ1n) is 6.40. The molecule has 0 aliphatic carbocycles. The molecule has 1 amide bonds. The van der Waals surface area contributed by atoms with E-state index in [1.165, 1.54) is 28.7 Å². The van der Waals surface area contributed by atoms with Crippen LogP contribution < -0.4 is 5.32 Å². The summed E-state index contributed by atoms with van der Waals surface area (Å²) in [5.41, 5.74) is 3.75. The highest BCUT2D eigenvalue weighted by molar-refractivity contribution is 8.02. The van der Waals surface area contributed by atoms with Crippen LogP contribution in [0, 0.1) is 0 Å². The summed E-state index contributed by atoms with van der Waals surface area (Å²) in [5.74, 6) is 0.467. The van der Waals surface area contributed by atoms with Gasteiger partial charge < -0.3 is 5.32 Å². The molecular weight excluding hydrogens is 290 g/mol. The number of anilines is 1. The number of amides is 1. The van der Waals surface area contributed by atoms with Gasteiger partial charge in [-0.3, -0.25) is 4.79 Å². The number of hydrogen-bond donors (Lipinski definition) is 1. The maximum Gasteiger partial charge on any atom is 0.237 e. The van der Waals surface area contributed by atoms with E-state index in [0.717, 1.165) is 10.0 Å². The molecule has 2 rings (SSSR count). The van der Waals surface area contributed by atoms with E-state index in [1.807, 2.05) is 31.2 Å². The van der Waals surface area contributed by atoms with Gasteiger partial charge >= 0.3 is 0 Å². The third-order valence-corrected chi connectivity index (χ3v) is 4.74. The summed E-state index contributed by atoms with van der Waals surface area (Å²) in [7, 11) is 0. The maximum atomic E-state index is 12.1. The van der Waals surface area contributed by atoms with E-state index in [-0.39, 0.29) is 11.2 Å². The lowest BCUT2D eigenvalue weighted by Crippen LogP contribution is -2.22. The molecule has 1 aromatic heterocycles. The molecule has 1 aromatic carbocycles. The van der Waals surface area contributed by atoms with Crippen molar-refractivity contribution in [3.8, 4) is 0 Å². The molecule has 0 saturated carbocycles. The molecule has 0 saturated heterocycles. The minimum absolute atomic E-state index is 0.0255. The Kier molecular flexibility index (Phi) is 5.14. The number of rotatable bonds is 5. The zero-order valence-corrected chi connectivity index (χ0v) is 13.3. The third kappa shape index (κ3) is 4.05. The molecule has 1 atom stereocenters. The van der Waals surface area contributed by atoms with E-state index in [1.54, 1.807) is 5.51 Å². The predicted octanol–water partition coefficient (Wildman–Crippen LogP) is 3.78. The van der Waals surface area contributed by atoms with Gasteiger partial charge in [0.15, 0.2) is 4.34 Å². The van der Waals surface area contributed by atoms with Crippen LogP contribution in [0.2, 0.25) is 0 Å². The summed E-state index contributed by atoms with van der Waals surface area (Å²) in [5, 5.41) is 10.4. The number of aromatic nitrogens is 2. The average Bonchev–Trinajstić information content (AvgIpc) is 2.92. The van der Waals surface area contributed by atoms with Crippen molar-refractivity contribution < 1.29 is 4.79 Å². The molecule has 4 nitrogen and oxygen atoms in total. The molecule has 0 radical (unpaired) electrons. The highest BCUT2D eigenvalue weighted by atomic mass is 32.2. The van der Waals surface area contributed by atoms with Crippen molar-refractivity contribution in [2.24, 2.45) is 0 Å². The average molecular weight is 307 g/mol. The minimum atomic E-state index is -0.201. The zero-order chi connectivity index (χ0) is 14.5. The predicted molar refractivity (Wildman–Crippen MR) is 84.4 cm³/mol. The topological polar surface area (TPSA) is 54.9 Å². The lowest BCUT2D eigenvalue weighted by Gasteiger charge is -2.11. The van der Waals surface area contributed by atoms with Crippen molar-refractivity contribution in [2.75, 3.05) is 5.32 Å². The lowest BCUT2D eigenvalue weighted by atomic mass is 10.0. The molecule has 0 bridgehead atoms. The monoisotopic (exact) mass is 307 g/mol. The lowest BCUT2D eigenvalue weighted by molar-refractivity contribution is -0.115. The Morgan fingerprint density at radius 2 is 1.95 bits per heavy atom. The number of carbonyl (C=O) groups is 1. The summed E-state index contributed by atoms with van der Waals surface area (Å²) < 4.78 is 0.808. The Morgan fingerprint density at radius 1 is 1.25 bits per heavy atom. The van der Waals surface area contributed by atoms with Crippen molar-refractivity contribution >= 4 is 34.7 Å². The van der Waals surface area contributed by atoms with Crippen molar-refractivity contribution in [1.82, 2.24) is 10.2 Å². The smallest absolute Gasteiger partial charge is 0.237 e. The van der Waals surface area contributed by atoms with E-state index in [9.17, 15) is 4.79 Å². The van der Waals surface area contributed by atoms with Crippen LogP contribution in [0.3, 0.4) is 0 Å². The van der Waals surface area contributed by atoms with E-state index >= 15 is 0 Å². The van der Waals surface area contributed by atoms with Gasteiger partial charge in [-0.2, -0.15) is 0 Å². The fourth-order valence-electron chi connectivity index (χ4n) is 1.61. The summed E-state index contributed by atoms with van der Waals surface area (Å²) in [6.45, 7) is 6.16. The van der Waals surface area contributed by atoms with Gasteiger partial charge in [-0.05, 0) is 30.5 Å². The van der Waals surface area contributed by atoms with Crippen LogP contribution in [0.25, 0.3) is 0 Å². The van der Waals surface area contributed by atoms with Crippen LogP contribution in [-0.4, -0.2) is 21.4 Å². The first-order valence-corrected chi connectivity index (χ1v) is 8.16. The summed E-state index contributed by atoms with van der Waals surface area (Å²) >= 11 is 2.86. The van der Waals surface area contributed by atoms with Gasteiger partial charge in [-0.1, -0.05) is 49.1 Å². The fourth-order valence-corrected chi connectivity index (χ4v) is 3.24. The molecule has 2 aromatic rings. The van der Waals surface area contributed by atoms with Gasteiger partial charge in [0.2, 0.25) is 5.91 Å². The quantitative estimate of drug-likeness (QED) is 0.854. The number of benzene rings is 1. The van der Waals surface area contributed by atoms with Crippen LogP contribution in [0.1, 0.15) is 32.3 Å². The minimum Gasteiger partial charge on any atom is -0.325 e. The summed E-state index contributed by atoms with van der Waals surface area (Å²) in [6.07, 6.45) is 0. The normalized spacial score (nSPS) is 12.4. The van der Waals surface area contributed by atoms with E-state index < -0.39 is 0 Å². The number of carbonyl (C=O) groups excluding carboxylic acids is 1. The van der Waals surface area contributed by atoms with E-state index in [2.05, 4.69) is 29.4 Å². The van der Waals surface area contributed by atoms with Gasteiger partial charge in [0.1, 0.15) is 5.51 Å². The molecule has 0 unspecified atom stereocenters. The number of nitrogens with zero attached hydrogens (tertiary/aromatic N) is 2. The Hall–Kier alpha value is -1.40. The molecule has 6 heteroatoms. The third-order valence-electron chi connectivity index (χ3n) is 2.83. The molecular formula is C14H17N3OS2. The van der Waals surface area contributed by atoms with Crippen LogP contribution in [0.15, 0.2) is 34.1 Å². The van der Waals surface area contributed by atoms with Gasteiger partial charge in [0.25, 0.3) is 0 Å². The standard InChI is InChI=1S/C14H17N3OS2/c1-9(2)11-4-6-12(7-5-11)16-13(18)10(3)20-14-17-15-8-19-14/h4-10H,1-3H3,(H,16,18)/t10-/m1/s1. The molecule has 106 valence electrons. The molecule has 0 spiro atoms. The molecule has 0 fully saturated rings. The second-order valence-corrected chi connectivity index (χ2v) is 7.15. The second kappa shape index (κ2) is 6.85. The molecule has 1 heterocycles. The SMILES string of the molecule is CC(C)c1ccc(NC(=O)[C@@H](C)Sc2nncs2)cc1. The van der Waals surface area contributed by atoms with Gasteiger partial charge in [0, 0.05) is 5.69 Å². The Morgan fingerprint density at radius 3 is 2.50 bits per heavy atom. The Labute approximate surface area is 127 Å². The number of thioether (sulfide) groups is 1. The first kappa shape index (κ1) is 15.0. The Balaban J connectivity index is 1.93. The molecule has 20 heavy (non-hydrogen) atoms. The summed E-state index contributed by atoms with van der Waals surface area (Å²) in [6, 6.07) is 7.97. The van der Waals surface area contributed by atoms with E-state index in [0.29, 0.717) is 5.92 Å². The highest BCUT2D eigenvalue weighted by Gasteiger charge is 2.16. The molecule has 1 N–H and O–H groups in total. The number of hydrogen-bond acceptors (Lipinski definition) is 5. The van der Waals surface area contributed by atoms with Crippen molar-refractivity contribution in [3.63, 3.8) is 0 Å². The van der Waals surface area contributed by atoms with Crippen LogP contribution >= 0.6 is 23.1 Å². The van der Waals surface area contributed by atoms with Crippen molar-refractivity contribution in [2.45, 2.75) is 36.3 Å². The molecule has 0 aliphatic heterocycles. The maximum absolute atomic E-state index is 12.1. The zero-order valence-electron chi connectivity index (χ0n) is 11.7. The molecule has 0 aliphatic rings. The van der Waals surface area contributed by atoms with Crippen LogP contribution in [0.5, 0.6) is 0 Å². The number of nitrogens with one attached hydrogen (secondary N) is 1. The fraction of sp³-hybridized carbons (Fsp3) is 0.357. The highest BCUT2D eigenvalue weighted by Crippen LogP contribution is 2.25. The van der Waals surface area contributed by atoms with Gasteiger partial charge in [-0.15, -0.1) is 10.2 Å². The summed E-state index contributed by atoms with van der Waals surface area (Å²) in [4.78, 5) is 12.1. The van der Waals surface area contributed by atoms with Gasteiger partial charge in [0.05, 0.1) is 5.25 Å². The van der Waals surface area contributed by atoms with Crippen LogP contribution in [0.4, 0.5) is 5.69 Å². The largest absolute Gasteiger partial charge is 0.325 e. The van der Waals surface area contributed by atoms with Gasteiger partial charge in [-0.25, -0.2) is 0 Å². The van der Waals surface area contributed by atoms with E-state index in [4.69, 9.17) is 0 Å². The van der Waals surface area contributed by atoms with Crippen LogP contribution in [-0.2, 0) is 4.79 Å². The van der Waals surface area contributed by atoms with Crippen molar-refractivity contribution in [3.05, 3.63) is 35.3 Å². The Bertz CT molecular complexity index is 552. The second-order valence-electron chi connectivity index (χ2n) is 4.73. The first-order chi connectivity index (χ1) is 9.56.